The van der Waals surface area contributed by atoms with E-state index < -0.39 is 20.1 Å². The van der Waals surface area contributed by atoms with Crippen molar-refractivity contribution in [2.24, 2.45) is 0 Å². The number of hydrogen-bond donors (Lipinski definition) is 1. The number of benzene rings is 1. The zero-order chi connectivity index (χ0) is 15.0. The van der Waals surface area contributed by atoms with Crippen LogP contribution in [0.15, 0.2) is 16.6 Å². The molecule has 6 heteroatoms. The molecule has 0 aromatic heterocycles. The van der Waals surface area contributed by atoms with E-state index in [-0.39, 0.29) is 10.6 Å². The molecule has 0 bridgehead atoms. The van der Waals surface area contributed by atoms with Gasteiger partial charge in [0.2, 0.25) is 0 Å². The molecule has 0 aliphatic carbocycles. The molecule has 1 rings (SSSR count). The third kappa shape index (κ3) is 3.57. The Balaban J connectivity index is 3.18. The fourth-order valence-corrected chi connectivity index (χ4v) is 2.80. The summed E-state index contributed by atoms with van der Waals surface area (Å²) in [5, 5.41) is 8.83. The molecule has 0 fully saturated rings. The Kier molecular flexibility index (Phi) is 4.46. The van der Waals surface area contributed by atoms with Crippen LogP contribution in [0.3, 0.4) is 0 Å². The average molecular weight is 349 g/mol. The Morgan fingerprint density at radius 3 is 2.32 bits per heavy atom. The van der Waals surface area contributed by atoms with Gasteiger partial charge >= 0.3 is 5.97 Å². The summed E-state index contributed by atoms with van der Waals surface area (Å²) in [6.07, 6.45) is 0. The summed E-state index contributed by atoms with van der Waals surface area (Å²) in [7, 11) is -2.09. The number of hydrogen-bond acceptors (Lipinski definition) is 2. The maximum Gasteiger partial charge on any atom is 0.338 e. The smallest absolute Gasteiger partial charge is 0.338 e. The largest absolute Gasteiger partial charge is 0.543 e. The second-order valence-electron chi connectivity index (χ2n) is 5.93. The van der Waals surface area contributed by atoms with E-state index in [9.17, 15) is 9.18 Å². The molecule has 0 aliphatic heterocycles. The Bertz CT molecular complexity index is 509. The number of carbonyl (C=O) groups is 1. The lowest BCUT2D eigenvalue weighted by molar-refractivity contribution is 0.0692. The fourth-order valence-electron chi connectivity index (χ4n) is 1.20. The van der Waals surface area contributed by atoms with Crippen LogP contribution in [0.4, 0.5) is 4.39 Å². The monoisotopic (exact) mass is 348 g/mol. The van der Waals surface area contributed by atoms with E-state index in [1.54, 1.807) is 0 Å². The van der Waals surface area contributed by atoms with Crippen LogP contribution in [0.5, 0.6) is 5.75 Å². The van der Waals surface area contributed by atoms with Gasteiger partial charge in [0, 0.05) is 6.07 Å². The first-order valence-corrected chi connectivity index (χ1v) is 9.57. The molecule has 106 valence electrons. The number of carboxylic acid groups (broad SMARTS) is 1. The van der Waals surface area contributed by atoms with Gasteiger partial charge in [-0.1, -0.05) is 20.8 Å². The van der Waals surface area contributed by atoms with Gasteiger partial charge in [0.1, 0.15) is 11.6 Å². The number of rotatable bonds is 3. The SMILES string of the molecule is CC(C)(C)[Si](C)(C)Oc1cc(F)c(C(=O)O)cc1Br. The highest BCUT2D eigenvalue weighted by Crippen LogP contribution is 2.39. The van der Waals surface area contributed by atoms with Gasteiger partial charge in [0.25, 0.3) is 8.32 Å². The van der Waals surface area contributed by atoms with E-state index in [0.717, 1.165) is 6.07 Å². The number of carboxylic acids is 1. The summed E-state index contributed by atoms with van der Waals surface area (Å²) in [5.74, 6) is -1.73. The van der Waals surface area contributed by atoms with Crippen molar-refractivity contribution >= 4 is 30.2 Å². The lowest BCUT2D eigenvalue weighted by Crippen LogP contribution is -2.44. The van der Waals surface area contributed by atoms with Crippen molar-refractivity contribution in [1.29, 1.82) is 0 Å². The highest BCUT2D eigenvalue weighted by Gasteiger charge is 2.39. The Labute approximate surface area is 122 Å². The maximum atomic E-state index is 13.7. The van der Waals surface area contributed by atoms with Gasteiger partial charge in [-0.2, -0.15) is 0 Å². The molecule has 19 heavy (non-hydrogen) atoms. The minimum atomic E-state index is -2.09. The van der Waals surface area contributed by atoms with Crippen molar-refractivity contribution in [2.45, 2.75) is 38.9 Å². The summed E-state index contributed by atoms with van der Waals surface area (Å²) < 4.78 is 20.1. The van der Waals surface area contributed by atoms with Crippen LogP contribution in [0.1, 0.15) is 31.1 Å². The van der Waals surface area contributed by atoms with Gasteiger partial charge in [-0.15, -0.1) is 0 Å². The zero-order valence-corrected chi connectivity index (χ0v) is 14.3. The minimum absolute atomic E-state index is 0.0195. The van der Waals surface area contributed by atoms with Gasteiger partial charge in [0.05, 0.1) is 10.0 Å². The predicted octanol–water partition coefficient (Wildman–Crippen LogP) is 4.67. The van der Waals surface area contributed by atoms with Gasteiger partial charge in [-0.05, 0) is 40.1 Å². The molecule has 0 saturated heterocycles. The summed E-state index contributed by atoms with van der Waals surface area (Å²) in [5.41, 5.74) is -0.366. The second-order valence-corrected chi connectivity index (χ2v) is 11.5. The van der Waals surface area contributed by atoms with E-state index in [0.29, 0.717) is 10.2 Å². The molecular weight excluding hydrogens is 331 g/mol. The Hall–Kier alpha value is -0.883. The highest BCUT2D eigenvalue weighted by atomic mass is 79.9. The van der Waals surface area contributed by atoms with Crippen molar-refractivity contribution in [1.82, 2.24) is 0 Å². The summed E-state index contributed by atoms with van der Waals surface area (Å²) >= 11 is 3.24. The van der Waals surface area contributed by atoms with Crippen LogP contribution < -0.4 is 4.43 Å². The quantitative estimate of drug-likeness (QED) is 0.807. The van der Waals surface area contributed by atoms with Crippen LogP contribution >= 0.6 is 15.9 Å². The van der Waals surface area contributed by atoms with Crippen LogP contribution in [0, 0.1) is 5.82 Å². The summed E-state index contributed by atoms with van der Waals surface area (Å²) in [6, 6.07) is 2.37. The minimum Gasteiger partial charge on any atom is -0.543 e. The van der Waals surface area contributed by atoms with Crippen molar-refractivity contribution in [3.63, 3.8) is 0 Å². The van der Waals surface area contributed by atoms with E-state index in [1.807, 2.05) is 13.1 Å². The van der Waals surface area contributed by atoms with Gasteiger partial charge in [-0.25, -0.2) is 9.18 Å². The predicted molar refractivity (Wildman–Crippen MR) is 78.9 cm³/mol. The van der Waals surface area contributed by atoms with E-state index in [1.165, 1.54) is 6.07 Å². The standard InChI is InChI=1S/C13H18BrFO3Si/c1-13(2,3)19(4,5)18-11-7-10(15)8(12(16)17)6-9(11)14/h6-7H,1-5H3,(H,16,17). The molecule has 0 spiro atoms. The van der Waals surface area contributed by atoms with E-state index in [2.05, 4.69) is 36.7 Å². The topological polar surface area (TPSA) is 46.5 Å². The highest BCUT2D eigenvalue weighted by molar-refractivity contribution is 9.10. The Morgan fingerprint density at radius 1 is 1.37 bits per heavy atom. The third-order valence-electron chi connectivity index (χ3n) is 3.42. The summed E-state index contributed by atoms with van der Waals surface area (Å²) in [4.78, 5) is 10.8. The molecule has 1 N–H and O–H groups in total. The molecule has 3 nitrogen and oxygen atoms in total. The van der Waals surface area contributed by atoms with Crippen molar-refractivity contribution in [3.05, 3.63) is 28.0 Å². The molecule has 0 atom stereocenters. The average Bonchev–Trinajstić information content (AvgIpc) is 2.20. The van der Waals surface area contributed by atoms with E-state index >= 15 is 0 Å². The van der Waals surface area contributed by atoms with Gasteiger partial charge < -0.3 is 9.53 Å². The van der Waals surface area contributed by atoms with Crippen LogP contribution in [0.2, 0.25) is 18.1 Å². The zero-order valence-electron chi connectivity index (χ0n) is 11.7. The lowest BCUT2D eigenvalue weighted by atomic mass is 10.2. The van der Waals surface area contributed by atoms with Crippen molar-refractivity contribution in [2.75, 3.05) is 0 Å². The molecule has 0 amide bonds. The van der Waals surface area contributed by atoms with Gasteiger partial charge in [0.15, 0.2) is 0 Å². The van der Waals surface area contributed by atoms with Crippen LogP contribution in [-0.4, -0.2) is 19.4 Å². The first-order valence-electron chi connectivity index (χ1n) is 5.87. The first kappa shape index (κ1) is 16.2. The number of halogens is 2. The normalized spacial score (nSPS) is 12.4. The van der Waals surface area contributed by atoms with Crippen molar-refractivity contribution in [3.8, 4) is 5.75 Å². The molecule has 0 aliphatic rings. The number of aromatic carboxylic acids is 1. The lowest BCUT2D eigenvalue weighted by Gasteiger charge is -2.36. The molecular formula is C13H18BrFO3Si. The molecule has 0 saturated carbocycles. The molecule has 0 heterocycles. The van der Waals surface area contributed by atoms with Gasteiger partial charge in [-0.3, -0.25) is 0 Å². The molecule has 1 aromatic carbocycles. The molecule has 0 unspecified atom stereocenters. The van der Waals surface area contributed by atoms with E-state index in [4.69, 9.17) is 9.53 Å². The van der Waals surface area contributed by atoms with Crippen LogP contribution in [0.25, 0.3) is 0 Å². The summed E-state index contributed by atoms with van der Waals surface area (Å²) in [6.45, 7) is 10.3. The third-order valence-corrected chi connectivity index (χ3v) is 8.39. The Morgan fingerprint density at radius 2 is 1.89 bits per heavy atom. The fraction of sp³-hybridized carbons (Fsp3) is 0.462. The first-order chi connectivity index (χ1) is 8.45. The van der Waals surface area contributed by atoms with Crippen LogP contribution in [-0.2, 0) is 0 Å². The van der Waals surface area contributed by atoms with Crippen molar-refractivity contribution < 1.29 is 18.7 Å². The second kappa shape index (κ2) is 5.24. The molecule has 0 radical (unpaired) electrons. The molecule has 1 aromatic rings. The maximum absolute atomic E-state index is 13.7.